The van der Waals surface area contributed by atoms with Crippen LogP contribution in [0.4, 0.5) is 5.69 Å². The van der Waals surface area contributed by atoms with Gasteiger partial charge in [-0.25, -0.2) is 9.59 Å². The van der Waals surface area contributed by atoms with Crippen molar-refractivity contribution in [3.63, 3.8) is 0 Å². The van der Waals surface area contributed by atoms with Crippen molar-refractivity contribution < 1.29 is 14.3 Å². The minimum absolute atomic E-state index is 0.373. The van der Waals surface area contributed by atoms with Gasteiger partial charge in [0.05, 0.1) is 11.1 Å². The molecule has 2 aromatic rings. The van der Waals surface area contributed by atoms with Gasteiger partial charge in [-0.05, 0) is 36.4 Å². The van der Waals surface area contributed by atoms with Crippen molar-refractivity contribution in [2.75, 3.05) is 18.0 Å². The number of fused-ring (bicyclic) bond motifs is 2. The van der Waals surface area contributed by atoms with E-state index in [0.717, 1.165) is 55.2 Å². The fourth-order valence-electron chi connectivity index (χ4n) is 3.17. The van der Waals surface area contributed by atoms with E-state index in [-0.39, 0.29) is 0 Å². The zero-order chi connectivity index (χ0) is 17.1. The Bertz CT molecular complexity index is 774. The van der Waals surface area contributed by atoms with Gasteiger partial charge >= 0.3 is 11.9 Å². The molecule has 3 rings (SSSR count). The molecule has 2 aromatic carbocycles. The van der Waals surface area contributed by atoms with Crippen LogP contribution in [0.1, 0.15) is 60.2 Å². The molecule has 0 saturated heterocycles. The number of hydrogen-bond acceptors (Lipinski definition) is 4. The summed E-state index contributed by atoms with van der Waals surface area (Å²) >= 11 is 0. The van der Waals surface area contributed by atoms with Crippen molar-refractivity contribution in [2.45, 2.75) is 39.5 Å². The lowest BCUT2D eigenvalue weighted by Gasteiger charge is -2.26. The maximum Gasteiger partial charge on any atom is 0.346 e. The molecular weight excluding hydrogens is 302 g/mol. The first kappa shape index (κ1) is 16.5. The summed E-state index contributed by atoms with van der Waals surface area (Å²) in [6.07, 6.45) is 4.55. The summed E-state index contributed by atoms with van der Waals surface area (Å²) in [7, 11) is 0. The molecule has 0 atom stereocenters. The van der Waals surface area contributed by atoms with Crippen LogP contribution in [0.15, 0.2) is 30.3 Å². The molecule has 24 heavy (non-hydrogen) atoms. The van der Waals surface area contributed by atoms with Gasteiger partial charge in [0.2, 0.25) is 0 Å². The summed E-state index contributed by atoms with van der Waals surface area (Å²) < 4.78 is 4.74. The number of esters is 2. The van der Waals surface area contributed by atoms with Gasteiger partial charge in [0.25, 0.3) is 0 Å². The lowest BCUT2D eigenvalue weighted by Crippen LogP contribution is -2.25. The van der Waals surface area contributed by atoms with E-state index >= 15 is 0 Å². The number of cyclic esters (lactones) is 2. The molecule has 4 nitrogen and oxygen atoms in total. The standard InChI is InChI=1S/C20H23NO3/c1-3-5-10-21(11-6-4-2)18-9-7-8-14-12-16-17(13-15(14)18)20(23)24-19(16)22/h7-9,12-13H,3-6,10-11H2,1-2H3. The second kappa shape index (κ2) is 7.04. The third-order valence-corrected chi connectivity index (χ3v) is 4.52. The van der Waals surface area contributed by atoms with Crippen molar-refractivity contribution in [2.24, 2.45) is 0 Å². The van der Waals surface area contributed by atoms with Crippen LogP contribution in [0.3, 0.4) is 0 Å². The zero-order valence-corrected chi connectivity index (χ0v) is 14.3. The van der Waals surface area contributed by atoms with Gasteiger partial charge in [-0.15, -0.1) is 0 Å². The monoisotopic (exact) mass is 325 g/mol. The Morgan fingerprint density at radius 1 is 0.917 bits per heavy atom. The highest BCUT2D eigenvalue weighted by Gasteiger charge is 2.30. The van der Waals surface area contributed by atoms with Crippen molar-refractivity contribution >= 4 is 28.4 Å². The van der Waals surface area contributed by atoms with E-state index in [4.69, 9.17) is 4.74 Å². The average molecular weight is 325 g/mol. The number of nitrogens with zero attached hydrogens (tertiary/aromatic N) is 1. The highest BCUT2D eigenvalue weighted by atomic mass is 16.6. The molecule has 0 N–H and O–H groups in total. The molecule has 0 aromatic heterocycles. The molecule has 1 heterocycles. The summed E-state index contributed by atoms with van der Waals surface area (Å²) in [4.78, 5) is 26.0. The van der Waals surface area contributed by atoms with Crippen molar-refractivity contribution in [1.29, 1.82) is 0 Å². The van der Waals surface area contributed by atoms with Crippen LogP contribution in [-0.4, -0.2) is 25.0 Å². The first-order valence-corrected chi connectivity index (χ1v) is 8.74. The number of carbonyl (C=O) groups is 2. The molecule has 0 aliphatic carbocycles. The van der Waals surface area contributed by atoms with Gasteiger partial charge in [-0.3, -0.25) is 0 Å². The molecule has 0 unspecified atom stereocenters. The number of ether oxygens (including phenoxy) is 1. The van der Waals surface area contributed by atoms with Crippen LogP contribution in [0, 0.1) is 0 Å². The molecule has 0 radical (unpaired) electrons. The highest BCUT2D eigenvalue weighted by Crippen LogP contribution is 2.32. The van der Waals surface area contributed by atoms with Crippen LogP contribution in [0.5, 0.6) is 0 Å². The Labute approximate surface area is 142 Å². The Kier molecular flexibility index (Phi) is 4.84. The van der Waals surface area contributed by atoms with Gasteiger partial charge in [-0.2, -0.15) is 0 Å². The van der Waals surface area contributed by atoms with Gasteiger partial charge < -0.3 is 9.64 Å². The van der Waals surface area contributed by atoms with E-state index in [0.29, 0.717) is 11.1 Å². The van der Waals surface area contributed by atoms with Crippen LogP contribution in [-0.2, 0) is 4.74 Å². The smallest absolute Gasteiger partial charge is 0.346 e. The molecular formula is C20H23NO3. The largest absolute Gasteiger partial charge is 0.386 e. The van der Waals surface area contributed by atoms with Crippen LogP contribution in [0.25, 0.3) is 10.8 Å². The second-order valence-electron chi connectivity index (χ2n) is 6.27. The van der Waals surface area contributed by atoms with Crippen molar-refractivity contribution in [1.82, 2.24) is 0 Å². The van der Waals surface area contributed by atoms with Gasteiger partial charge in [-0.1, -0.05) is 38.8 Å². The topological polar surface area (TPSA) is 46.6 Å². The molecule has 1 aliphatic rings. The maximum absolute atomic E-state index is 11.9. The number of benzene rings is 2. The van der Waals surface area contributed by atoms with E-state index in [1.54, 1.807) is 6.07 Å². The highest BCUT2D eigenvalue weighted by molar-refractivity contribution is 6.17. The van der Waals surface area contributed by atoms with E-state index in [9.17, 15) is 9.59 Å². The van der Waals surface area contributed by atoms with E-state index in [1.165, 1.54) is 0 Å². The number of anilines is 1. The van der Waals surface area contributed by atoms with Crippen LogP contribution in [0.2, 0.25) is 0 Å². The third kappa shape index (κ3) is 3.01. The lowest BCUT2D eigenvalue weighted by atomic mass is 10.0. The van der Waals surface area contributed by atoms with Crippen LogP contribution < -0.4 is 4.90 Å². The van der Waals surface area contributed by atoms with E-state index < -0.39 is 11.9 Å². The molecule has 4 heteroatoms. The fourth-order valence-corrected chi connectivity index (χ4v) is 3.17. The number of hydrogen-bond donors (Lipinski definition) is 0. The fraction of sp³-hybridized carbons (Fsp3) is 0.400. The Balaban J connectivity index is 2.08. The normalized spacial score (nSPS) is 13.2. The minimum Gasteiger partial charge on any atom is -0.386 e. The second-order valence-corrected chi connectivity index (χ2v) is 6.27. The molecule has 0 spiro atoms. The SMILES string of the molecule is CCCCN(CCCC)c1cccc2cc3c(cc12)C(=O)OC3=O. The molecule has 0 saturated carbocycles. The Morgan fingerprint density at radius 2 is 1.54 bits per heavy atom. The molecule has 1 aliphatic heterocycles. The maximum atomic E-state index is 11.9. The van der Waals surface area contributed by atoms with Crippen molar-refractivity contribution in [3.8, 4) is 0 Å². The summed E-state index contributed by atoms with van der Waals surface area (Å²) in [6.45, 7) is 6.37. The van der Waals surface area contributed by atoms with Crippen molar-refractivity contribution in [3.05, 3.63) is 41.5 Å². The lowest BCUT2D eigenvalue weighted by molar-refractivity contribution is 0.0444. The third-order valence-electron chi connectivity index (χ3n) is 4.52. The first-order chi connectivity index (χ1) is 11.7. The van der Waals surface area contributed by atoms with E-state index in [2.05, 4.69) is 24.8 Å². The van der Waals surface area contributed by atoms with Gasteiger partial charge in [0.15, 0.2) is 0 Å². The predicted octanol–water partition coefficient (Wildman–Crippen LogP) is 4.56. The molecule has 0 amide bonds. The predicted molar refractivity (Wildman–Crippen MR) is 95.7 cm³/mol. The zero-order valence-electron chi connectivity index (χ0n) is 14.3. The summed E-state index contributed by atoms with van der Waals surface area (Å²) in [5.41, 5.74) is 1.88. The molecule has 0 bridgehead atoms. The van der Waals surface area contributed by atoms with Gasteiger partial charge in [0.1, 0.15) is 0 Å². The molecule has 0 fully saturated rings. The average Bonchev–Trinajstić information content (AvgIpc) is 2.87. The summed E-state index contributed by atoms with van der Waals surface area (Å²) in [5.74, 6) is -1.09. The first-order valence-electron chi connectivity index (χ1n) is 8.74. The number of carbonyl (C=O) groups excluding carboxylic acids is 2. The number of unbranched alkanes of at least 4 members (excludes halogenated alkanes) is 2. The summed E-state index contributed by atoms with van der Waals surface area (Å²) in [5, 5.41) is 1.98. The molecule has 126 valence electrons. The number of rotatable bonds is 7. The Morgan fingerprint density at radius 3 is 2.17 bits per heavy atom. The summed E-state index contributed by atoms with van der Waals surface area (Å²) in [6, 6.07) is 9.68. The van der Waals surface area contributed by atoms with Crippen LogP contribution >= 0.6 is 0 Å². The van der Waals surface area contributed by atoms with E-state index in [1.807, 2.05) is 18.2 Å². The minimum atomic E-state index is -0.545. The quantitative estimate of drug-likeness (QED) is 0.553. The Hall–Kier alpha value is -2.36. The van der Waals surface area contributed by atoms with Gasteiger partial charge in [0, 0.05) is 24.2 Å².